The number of halogens is 2. The van der Waals surface area contributed by atoms with E-state index in [1.807, 2.05) is 13.0 Å². The second-order valence-corrected chi connectivity index (χ2v) is 5.07. The minimum Gasteiger partial charge on any atom is -0.482 e. The van der Waals surface area contributed by atoms with E-state index < -0.39 is 5.82 Å². The summed E-state index contributed by atoms with van der Waals surface area (Å²) in [6.07, 6.45) is 0. The van der Waals surface area contributed by atoms with E-state index in [4.69, 9.17) is 4.74 Å². The molecule has 2 nitrogen and oxygen atoms in total. The van der Waals surface area contributed by atoms with Gasteiger partial charge in [0.1, 0.15) is 0 Å². The van der Waals surface area contributed by atoms with Gasteiger partial charge in [-0.05, 0) is 36.8 Å². The molecule has 2 rings (SSSR count). The molecule has 0 amide bonds. The number of rotatable bonds is 4. The first-order valence-electron chi connectivity index (χ1n) is 5.74. The Morgan fingerprint density at radius 2 is 2.05 bits per heavy atom. The molecule has 19 heavy (non-hydrogen) atoms. The van der Waals surface area contributed by atoms with Crippen LogP contribution in [0.25, 0.3) is 0 Å². The smallest absolute Gasteiger partial charge is 0.200 e. The van der Waals surface area contributed by atoms with Gasteiger partial charge in [-0.1, -0.05) is 34.1 Å². The number of carbonyl (C=O) groups is 1. The number of hydrogen-bond acceptors (Lipinski definition) is 2. The van der Waals surface area contributed by atoms with Gasteiger partial charge in [-0.25, -0.2) is 4.39 Å². The van der Waals surface area contributed by atoms with E-state index >= 15 is 0 Å². The van der Waals surface area contributed by atoms with Gasteiger partial charge in [-0.15, -0.1) is 0 Å². The number of carbonyl (C=O) groups excluding carboxylic acids is 1. The van der Waals surface area contributed by atoms with E-state index in [2.05, 4.69) is 15.9 Å². The van der Waals surface area contributed by atoms with Crippen LogP contribution in [0.5, 0.6) is 5.75 Å². The molecule has 0 aliphatic heterocycles. The molecule has 2 aromatic carbocycles. The molecule has 0 aliphatic carbocycles. The molecular weight excluding hydrogens is 311 g/mol. The lowest BCUT2D eigenvalue weighted by molar-refractivity contribution is 0.0918. The Kier molecular flexibility index (Phi) is 4.32. The number of benzene rings is 2. The minimum atomic E-state index is -0.465. The van der Waals surface area contributed by atoms with Crippen molar-refractivity contribution in [2.24, 2.45) is 0 Å². The average Bonchev–Trinajstić information content (AvgIpc) is 2.39. The normalized spacial score (nSPS) is 10.3. The fourth-order valence-electron chi connectivity index (χ4n) is 1.61. The van der Waals surface area contributed by atoms with Crippen molar-refractivity contribution in [3.05, 3.63) is 63.9 Å². The summed E-state index contributed by atoms with van der Waals surface area (Å²) < 4.78 is 19.5. The number of ether oxygens (including phenoxy) is 1. The van der Waals surface area contributed by atoms with Crippen molar-refractivity contribution in [2.45, 2.75) is 6.92 Å². The number of aryl methyl sites for hydroxylation is 1. The zero-order chi connectivity index (χ0) is 13.8. The van der Waals surface area contributed by atoms with Crippen LogP contribution in [0.3, 0.4) is 0 Å². The number of hydrogen-bond donors (Lipinski definition) is 0. The summed E-state index contributed by atoms with van der Waals surface area (Å²) in [6.45, 7) is 1.65. The van der Waals surface area contributed by atoms with Crippen LogP contribution in [-0.4, -0.2) is 12.4 Å². The fraction of sp³-hybridized carbons (Fsp3) is 0.133. The Hall–Kier alpha value is -1.68. The van der Waals surface area contributed by atoms with E-state index in [-0.39, 0.29) is 18.1 Å². The standard InChI is InChI=1S/C15H12BrFO2/c1-10-5-6-13(17)15(7-10)19-9-14(18)11-3-2-4-12(16)8-11/h2-8H,9H2,1H3. The molecule has 0 atom stereocenters. The fourth-order valence-corrected chi connectivity index (χ4v) is 2.01. The van der Waals surface area contributed by atoms with Crippen LogP contribution in [0.2, 0.25) is 0 Å². The van der Waals surface area contributed by atoms with Gasteiger partial charge in [0, 0.05) is 10.0 Å². The Morgan fingerprint density at radius 1 is 1.26 bits per heavy atom. The zero-order valence-corrected chi connectivity index (χ0v) is 11.9. The van der Waals surface area contributed by atoms with Gasteiger partial charge in [0.2, 0.25) is 0 Å². The SMILES string of the molecule is Cc1ccc(F)c(OCC(=O)c2cccc(Br)c2)c1. The third-order valence-corrected chi connectivity index (χ3v) is 3.09. The van der Waals surface area contributed by atoms with Crippen molar-refractivity contribution in [3.8, 4) is 5.75 Å². The molecule has 4 heteroatoms. The Balaban J connectivity index is 2.06. The summed E-state index contributed by atoms with van der Waals surface area (Å²) in [6, 6.07) is 11.6. The Morgan fingerprint density at radius 3 is 2.79 bits per heavy atom. The maximum Gasteiger partial charge on any atom is 0.200 e. The van der Waals surface area contributed by atoms with Crippen molar-refractivity contribution >= 4 is 21.7 Å². The summed E-state index contributed by atoms with van der Waals surface area (Å²) in [5.74, 6) is -0.557. The summed E-state index contributed by atoms with van der Waals surface area (Å²) >= 11 is 3.29. The van der Waals surface area contributed by atoms with E-state index in [0.29, 0.717) is 5.56 Å². The highest BCUT2D eigenvalue weighted by molar-refractivity contribution is 9.10. The van der Waals surface area contributed by atoms with Crippen LogP contribution in [0, 0.1) is 12.7 Å². The molecule has 2 aromatic rings. The lowest BCUT2D eigenvalue weighted by Gasteiger charge is -2.07. The van der Waals surface area contributed by atoms with Crippen LogP contribution in [0.1, 0.15) is 15.9 Å². The maximum atomic E-state index is 13.4. The zero-order valence-electron chi connectivity index (χ0n) is 10.3. The molecule has 0 spiro atoms. The third-order valence-electron chi connectivity index (χ3n) is 2.59. The quantitative estimate of drug-likeness (QED) is 0.790. The first-order valence-corrected chi connectivity index (χ1v) is 6.53. The van der Waals surface area contributed by atoms with E-state index in [1.165, 1.54) is 6.07 Å². The predicted octanol–water partition coefficient (Wildman–Crippen LogP) is 4.16. The predicted molar refractivity (Wildman–Crippen MR) is 75.1 cm³/mol. The molecular formula is C15H12BrFO2. The van der Waals surface area contributed by atoms with Gasteiger partial charge in [0.05, 0.1) is 0 Å². The van der Waals surface area contributed by atoms with Gasteiger partial charge in [-0.2, -0.15) is 0 Å². The molecule has 0 heterocycles. The van der Waals surface area contributed by atoms with E-state index in [0.717, 1.165) is 10.0 Å². The average molecular weight is 323 g/mol. The molecule has 0 aromatic heterocycles. The first-order chi connectivity index (χ1) is 9.06. The van der Waals surface area contributed by atoms with Crippen LogP contribution in [-0.2, 0) is 0 Å². The molecule has 0 bridgehead atoms. The van der Waals surface area contributed by atoms with Crippen LogP contribution in [0.15, 0.2) is 46.9 Å². The lowest BCUT2D eigenvalue weighted by atomic mass is 10.1. The molecule has 98 valence electrons. The number of Topliss-reactive ketones (excluding diaryl/α,β-unsaturated/α-hetero) is 1. The van der Waals surface area contributed by atoms with Crippen molar-refractivity contribution in [1.82, 2.24) is 0 Å². The highest BCUT2D eigenvalue weighted by Gasteiger charge is 2.09. The first kappa shape index (κ1) is 13.7. The highest BCUT2D eigenvalue weighted by atomic mass is 79.9. The van der Waals surface area contributed by atoms with Crippen molar-refractivity contribution in [2.75, 3.05) is 6.61 Å². The van der Waals surface area contributed by atoms with Gasteiger partial charge in [0.25, 0.3) is 0 Å². The second-order valence-electron chi connectivity index (χ2n) is 4.16. The summed E-state index contributed by atoms with van der Waals surface area (Å²) in [5, 5.41) is 0. The summed E-state index contributed by atoms with van der Waals surface area (Å²) in [7, 11) is 0. The van der Waals surface area contributed by atoms with Crippen LogP contribution in [0.4, 0.5) is 4.39 Å². The van der Waals surface area contributed by atoms with Gasteiger partial charge in [-0.3, -0.25) is 4.79 Å². The van der Waals surface area contributed by atoms with Crippen molar-refractivity contribution < 1.29 is 13.9 Å². The molecule has 0 saturated heterocycles. The number of ketones is 1. The molecule has 0 unspecified atom stereocenters. The van der Waals surface area contributed by atoms with Gasteiger partial charge in [0.15, 0.2) is 24.0 Å². The minimum absolute atomic E-state index is 0.100. The molecule has 0 saturated carbocycles. The van der Waals surface area contributed by atoms with Crippen molar-refractivity contribution in [3.63, 3.8) is 0 Å². The Labute approximate surface area is 119 Å². The summed E-state index contributed by atoms with van der Waals surface area (Å²) in [4.78, 5) is 11.9. The van der Waals surface area contributed by atoms with E-state index in [1.54, 1.807) is 30.3 Å². The second kappa shape index (κ2) is 5.97. The van der Waals surface area contributed by atoms with Gasteiger partial charge >= 0.3 is 0 Å². The largest absolute Gasteiger partial charge is 0.482 e. The molecule has 0 aliphatic rings. The third kappa shape index (κ3) is 3.64. The van der Waals surface area contributed by atoms with Gasteiger partial charge < -0.3 is 4.74 Å². The lowest BCUT2D eigenvalue weighted by Crippen LogP contribution is -2.12. The molecule has 0 N–H and O–H groups in total. The molecule has 0 fully saturated rings. The summed E-state index contributed by atoms with van der Waals surface area (Å²) in [5.41, 5.74) is 1.41. The van der Waals surface area contributed by atoms with E-state index in [9.17, 15) is 9.18 Å². The topological polar surface area (TPSA) is 26.3 Å². The Bertz CT molecular complexity index is 611. The monoisotopic (exact) mass is 322 g/mol. The van der Waals surface area contributed by atoms with Crippen LogP contribution >= 0.6 is 15.9 Å². The van der Waals surface area contributed by atoms with Crippen molar-refractivity contribution in [1.29, 1.82) is 0 Å². The maximum absolute atomic E-state index is 13.4. The highest BCUT2D eigenvalue weighted by Crippen LogP contribution is 2.19. The van der Waals surface area contributed by atoms with Crippen LogP contribution < -0.4 is 4.74 Å². The molecule has 0 radical (unpaired) electrons.